The summed E-state index contributed by atoms with van der Waals surface area (Å²) < 4.78 is 0. The Kier molecular flexibility index (Phi) is 2.65. The first kappa shape index (κ1) is 9.70. The zero-order chi connectivity index (χ0) is 10.0. The minimum atomic E-state index is -0.486. The molecule has 13 heavy (non-hydrogen) atoms. The van der Waals surface area contributed by atoms with Gasteiger partial charge in [-0.1, -0.05) is 13.8 Å². The maximum absolute atomic E-state index is 11.1. The summed E-state index contributed by atoms with van der Waals surface area (Å²) in [4.78, 5) is 26.8. The van der Waals surface area contributed by atoms with E-state index in [0.29, 0.717) is 6.42 Å². The number of carbonyl (C=O) groups is 2. The van der Waals surface area contributed by atoms with Crippen molar-refractivity contribution in [1.29, 1.82) is 5.41 Å². The third-order valence-corrected chi connectivity index (χ3v) is 1.70. The van der Waals surface area contributed by atoms with Gasteiger partial charge in [0.25, 0.3) is 5.91 Å². The molecule has 1 aliphatic heterocycles. The van der Waals surface area contributed by atoms with Crippen molar-refractivity contribution < 1.29 is 14.4 Å². The van der Waals surface area contributed by atoms with Gasteiger partial charge >= 0.3 is 5.97 Å². The summed E-state index contributed by atoms with van der Waals surface area (Å²) in [6, 6.07) is 0. The van der Waals surface area contributed by atoms with E-state index in [2.05, 4.69) is 0 Å². The number of amides is 1. The minimum Gasteiger partial charge on any atom is -0.332 e. The van der Waals surface area contributed by atoms with Crippen molar-refractivity contribution in [2.45, 2.75) is 26.7 Å². The van der Waals surface area contributed by atoms with Crippen molar-refractivity contribution in [2.24, 2.45) is 5.92 Å². The number of rotatable bonds is 2. The van der Waals surface area contributed by atoms with Gasteiger partial charge in [0.2, 0.25) is 0 Å². The normalized spacial score (nSPS) is 17.0. The highest BCUT2D eigenvalue weighted by atomic mass is 16.7. The summed E-state index contributed by atoms with van der Waals surface area (Å²) >= 11 is 0. The molecule has 1 N–H and O–H groups in total. The Morgan fingerprint density at radius 1 is 1.54 bits per heavy atom. The Balaban J connectivity index is 2.58. The van der Waals surface area contributed by atoms with Crippen LogP contribution < -0.4 is 0 Å². The van der Waals surface area contributed by atoms with E-state index in [0.717, 1.165) is 5.06 Å². The van der Waals surface area contributed by atoms with Gasteiger partial charge in [0.05, 0.1) is 5.92 Å². The predicted octanol–water partition coefficient (Wildman–Crippen LogP) is 0.700. The Labute approximate surface area is 76.1 Å². The topological polar surface area (TPSA) is 70.5 Å². The lowest BCUT2D eigenvalue weighted by molar-refractivity contribution is -0.183. The van der Waals surface area contributed by atoms with Crippen LogP contribution in [-0.4, -0.2) is 22.8 Å². The van der Waals surface area contributed by atoms with Gasteiger partial charge in [0.1, 0.15) is 5.84 Å². The van der Waals surface area contributed by atoms with Crippen LogP contribution in [0.15, 0.2) is 0 Å². The van der Waals surface area contributed by atoms with Crippen LogP contribution in [0.25, 0.3) is 0 Å². The summed E-state index contributed by atoms with van der Waals surface area (Å²) in [6.07, 6.45) is 0.606. The number of hydroxylamine groups is 2. The molecule has 0 radical (unpaired) electrons. The first-order valence-electron chi connectivity index (χ1n) is 4.14. The Morgan fingerprint density at radius 2 is 2.15 bits per heavy atom. The highest BCUT2D eigenvalue weighted by Gasteiger charge is 2.30. The molecule has 5 nitrogen and oxygen atoms in total. The average molecular weight is 184 g/mol. The van der Waals surface area contributed by atoms with Gasteiger partial charge in [-0.05, 0) is 0 Å². The van der Waals surface area contributed by atoms with Crippen LogP contribution in [0.1, 0.15) is 26.7 Å². The van der Waals surface area contributed by atoms with Crippen molar-refractivity contribution in [1.82, 2.24) is 5.06 Å². The number of carbonyl (C=O) groups excluding carboxylic acids is 2. The van der Waals surface area contributed by atoms with Gasteiger partial charge in [0.15, 0.2) is 0 Å². The molecule has 1 rings (SSSR count). The Bertz CT molecular complexity index is 244. The molecule has 0 aromatic rings. The Morgan fingerprint density at radius 3 is 2.54 bits per heavy atom. The SMILES string of the molecule is CC(C)C(=O)ON1C(=N)CCC1=O. The summed E-state index contributed by atoms with van der Waals surface area (Å²) in [7, 11) is 0. The van der Waals surface area contributed by atoms with Gasteiger partial charge in [-0.15, -0.1) is 5.06 Å². The lowest BCUT2D eigenvalue weighted by atomic mass is 10.2. The predicted molar refractivity (Wildman–Crippen MR) is 44.7 cm³/mol. The molecule has 0 unspecified atom stereocenters. The first-order valence-corrected chi connectivity index (χ1v) is 4.14. The molecule has 1 fully saturated rings. The van der Waals surface area contributed by atoms with Gasteiger partial charge in [-0.2, -0.15) is 0 Å². The molecule has 72 valence electrons. The average Bonchev–Trinajstić information content (AvgIpc) is 2.35. The van der Waals surface area contributed by atoms with E-state index in [1.807, 2.05) is 0 Å². The van der Waals surface area contributed by atoms with Crippen LogP contribution in [0, 0.1) is 11.3 Å². The van der Waals surface area contributed by atoms with Crippen molar-refractivity contribution in [3.05, 3.63) is 0 Å². The third-order valence-electron chi connectivity index (χ3n) is 1.70. The van der Waals surface area contributed by atoms with Gasteiger partial charge in [-0.25, -0.2) is 4.79 Å². The first-order chi connectivity index (χ1) is 6.02. The summed E-state index contributed by atoms with van der Waals surface area (Å²) in [5, 5.41) is 8.08. The highest BCUT2D eigenvalue weighted by Crippen LogP contribution is 2.13. The number of nitrogens with zero attached hydrogens (tertiary/aromatic N) is 1. The Hall–Kier alpha value is -1.39. The molecule has 0 saturated carbocycles. The fraction of sp³-hybridized carbons (Fsp3) is 0.625. The maximum Gasteiger partial charge on any atom is 0.335 e. The van der Waals surface area contributed by atoms with Crippen LogP contribution in [0.4, 0.5) is 0 Å². The van der Waals surface area contributed by atoms with Gasteiger partial charge in [0, 0.05) is 12.8 Å². The zero-order valence-electron chi connectivity index (χ0n) is 7.66. The van der Waals surface area contributed by atoms with Crippen LogP contribution in [0.5, 0.6) is 0 Å². The molecular weight excluding hydrogens is 172 g/mol. The number of nitrogens with one attached hydrogen (secondary N) is 1. The molecular formula is C8H12N2O3. The second-order valence-corrected chi connectivity index (χ2v) is 3.20. The summed E-state index contributed by atoms with van der Waals surface area (Å²) in [5.74, 6) is -1.04. The molecule has 5 heteroatoms. The van der Waals surface area contributed by atoms with Crippen LogP contribution in [-0.2, 0) is 14.4 Å². The monoisotopic (exact) mass is 184 g/mol. The van der Waals surface area contributed by atoms with E-state index < -0.39 is 5.97 Å². The molecule has 1 heterocycles. The number of hydrogen-bond acceptors (Lipinski definition) is 4. The molecule has 1 aliphatic rings. The minimum absolute atomic E-state index is 0.0546. The van der Waals surface area contributed by atoms with Crippen molar-refractivity contribution in [2.75, 3.05) is 0 Å². The highest BCUT2D eigenvalue weighted by molar-refractivity contribution is 6.02. The molecule has 0 aliphatic carbocycles. The quantitative estimate of drug-likeness (QED) is 0.686. The third kappa shape index (κ3) is 2.05. The summed E-state index contributed by atoms with van der Waals surface area (Å²) in [5.41, 5.74) is 0. The fourth-order valence-electron chi connectivity index (χ4n) is 0.880. The fourth-order valence-corrected chi connectivity index (χ4v) is 0.880. The van der Waals surface area contributed by atoms with E-state index in [4.69, 9.17) is 10.2 Å². The van der Waals surface area contributed by atoms with E-state index in [-0.39, 0.29) is 24.1 Å². The molecule has 1 amide bonds. The lowest BCUT2D eigenvalue weighted by Gasteiger charge is -2.15. The molecule has 1 saturated heterocycles. The smallest absolute Gasteiger partial charge is 0.332 e. The van der Waals surface area contributed by atoms with Crippen molar-refractivity contribution in [3.63, 3.8) is 0 Å². The van der Waals surface area contributed by atoms with Crippen molar-refractivity contribution >= 4 is 17.7 Å². The van der Waals surface area contributed by atoms with Crippen LogP contribution in [0.3, 0.4) is 0 Å². The van der Waals surface area contributed by atoms with E-state index >= 15 is 0 Å². The second kappa shape index (κ2) is 3.55. The maximum atomic E-state index is 11.1. The number of amidine groups is 1. The zero-order valence-corrected chi connectivity index (χ0v) is 7.66. The largest absolute Gasteiger partial charge is 0.335 e. The van der Waals surface area contributed by atoms with Gasteiger partial charge < -0.3 is 4.84 Å². The van der Waals surface area contributed by atoms with Crippen LogP contribution >= 0.6 is 0 Å². The van der Waals surface area contributed by atoms with Crippen molar-refractivity contribution in [3.8, 4) is 0 Å². The summed E-state index contributed by atoms with van der Waals surface area (Å²) in [6.45, 7) is 3.35. The van der Waals surface area contributed by atoms with Gasteiger partial charge in [-0.3, -0.25) is 10.2 Å². The molecule has 0 bridgehead atoms. The lowest BCUT2D eigenvalue weighted by Crippen LogP contribution is -2.33. The number of hydrogen-bond donors (Lipinski definition) is 1. The molecule has 0 aromatic heterocycles. The standard InChI is InChI=1S/C8H12N2O3/c1-5(2)8(12)13-10-6(9)3-4-7(10)11/h5,9H,3-4H2,1-2H3. The van der Waals surface area contributed by atoms with E-state index in [1.165, 1.54) is 0 Å². The van der Waals surface area contributed by atoms with E-state index in [1.54, 1.807) is 13.8 Å². The second-order valence-electron chi connectivity index (χ2n) is 3.20. The van der Waals surface area contributed by atoms with E-state index in [9.17, 15) is 9.59 Å². The molecule has 0 aromatic carbocycles. The van der Waals surface area contributed by atoms with Crippen LogP contribution in [0.2, 0.25) is 0 Å². The molecule has 0 atom stereocenters. The molecule has 0 spiro atoms.